The lowest BCUT2D eigenvalue weighted by Crippen LogP contribution is -2.40. The maximum absolute atomic E-state index is 13.2. The Kier molecular flexibility index (Phi) is 6.37. The van der Waals surface area contributed by atoms with Crippen LogP contribution in [0, 0.1) is 11.8 Å². The molecule has 0 radical (unpaired) electrons. The number of hydrogen-bond donors (Lipinski definition) is 1. The molecule has 1 fully saturated rings. The van der Waals surface area contributed by atoms with Gasteiger partial charge >= 0.3 is 0 Å². The van der Waals surface area contributed by atoms with Gasteiger partial charge in [-0.2, -0.15) is 0 Å². The average molecular weight is 336 g/mol. The predicted molar refractivity (Wildman–Crippen MR) is 103 cm³/mol. The van der Waals surface area contributed by atoms with Crippen molar-refractivity contribution in [3.05, 3.63) is 71.8 Å². The lowest BCUT2D eigenvalue weighted by molar-refractivity contribution is 0.0796. The number of ketones is 1. The molecule has 1 aliphatic rings. The highest BCUT2D eigenvalue weighted by atomic mass is 16.1. The van der Waals surface area contributed by atoms with Gasteiger partial charge in [0.2, 0.25) is 0 Å². The molecule has 2 aromatic rings. The van der Waals surface area contributed by atoms with Crippen LogP contribution in [0.2, 0.25) is 0 Å². The number of benzene rings is 2. The van der Waals surface area contributed by atoms with Crippen LogP contribution in [-0.4, -0.2) is 37.4 Å². The van der Waals surface area contributed by atoms with E-state index < -0.39 is 0 Å². The second-order valence-electron chi connectivity index (χ2n) is 7.11. The lowest BCUT2D eigenvalue weighted by atomic mass is 9.80. The number of rotatable bonds is 7. The minimum Gasteiger partial charge on any atom is -0.317 e. The third kappa shape index (κ3) is 5.00. The van der Waals surface area contributed by atoms with E-state index >= 15 is 0 Å². The van der Waals surface area contributed by atoms with Gasteiger partial charge in [0.15, 0.2) is 5.78 Å². The summed E-state index contributed by atoms with van der Waals surface area (Å²) in [6.45, 7) is 3.73. The number of piperidine rings is 1. The number of nitrogens with one attached hydrogen (secondary N) is 1. The third-order valence-electron chi connectivity index (χ3n) is 5.15. The molecule has 0 amide bonds. The summed E-state index contributed by atoms with van der Waals surface area (Å²) in [6, 6.07) is 20.3. The summed E-state index contributed by atoms with van der Waals surface area (Å²) in [4.78, 5) is 15.5. The molecular weight excluding hydrogens is 308 g/mol. The molecule has 1 unspecified atom stereocenters. The van der Waals surface area contributed by atoms with E-state index in [0.29, 0.717) is 11.7 Å². The molecule has 0 spiro atoms. The van der Waals surface area contributed by atoms with Crippen LogP contribution in [0.3, 0.4) is 0 Å². The van der Waals surface area contributed by atoms with Gasteiger partial charge in [-0.1, -0.05) is 60.7 Å². The Morgan fingerprint density at radius 2 is 1.64 bits per heavy atom. The van der Waals surface area contributed by atoms with Gasteiger partial charge in [-0.15, -0.1) is 0 Å². The SMILES string of the molecule is CN(Cc1ccccc1)CC(C(=O)c1ccccc1)C1CCNCC1. The van der Waals surface area contributed by atoms with Gasteiger partial charge in [-0.3, -0.25) is 4.79 Å². The van der Waals surface area contributed by atoms with Crippen molar-refractivity contribution in [1.29, 1.82) is 0 Å². The quantitative estimate of drug-likeness (QED) is 0.784. The molecule has 0 aliphatic carbocycles. The molecule has 1 atom stereocenters. The van der Waals surface area contributed by atoms with E-state index in [4.69, 9.17) is 0 Å². The van der Waals surface area contributed by atoms with E-state index in [-0.39, 0.29) is 5.92 Å². The predicted octanol–water partition coefficient (Wildman–Crippen LogP) is 3.62. The Balaban J connectivity index is 1.72. The first-order valence-corrected chi connectivity index (χ1v) is 9.26. The van der Waals surface area contributed by atoms with E-state index in [1.54, 1.807) is 0 Å². The highest BCUT2D eigenvalue weighted by Crippen LogP contribution is 2.26. The second kappa shape index (κ2) is 8.93. The van der Waals surface area contributed by atoms with Gasteiger partial charge in [0, 0.05) is 24.6 Å². The number of hydrogen-bond acceptors (Lipinski definition) is 3. The summed E-state index contributed by atoms with van der Waals surface area (Å²) in [5, 5.41) is 3.42. The zero-order chi connectivity index (χ0) is 17.5. The fourth-order valence-electron chi connectivity index (χ4n) is 3.80. The molecule has 3 nitrogen and oxygen atoms in total. The van der Waals surface area contributed by atoms with Crippen molar-refractivity contribution < 1.29 is 4.79 Å². The van der Waals surface area contributed by atoms with Crippen molar-refractivity contribution >= 4 is 5.78 Å². The van der Waals surface area contributed by atoms with Crippen molar-refractivity contribution in [3.8, 4) is 0 Å². The first-order chi connectivity index (χ1) is 12.2. The molecule has 0 aromatic heterocycles. The van der Waals surface area contributed by atoms with Crippen LogP contribution in [0.4, 0.5) is 0 Å². The van der Waals surface area contributed by atoms with Gasteiger partial charge in [0.1, 0.15) is 0 Å². The van der Waals surface area contributed by atoms with Crippen molar-refractivity contribution in [2.75, 3.05) is 26.7 Å². The van der Waals surface area contributed by atoms with Crippen LogP contribution in [0.15, 0.2) is 60.7 Å². The molecule has 0 saturated carbocycles. The summed E-state index contributed by atoms with van der Waals surface area (Å²) in [5.74, 6) is 0.831. The molecule has 1 heterocycles. The summed E-state index contributed by atoms with van der Waals surface area (Å²) in [6.07, 6.45) is 2.17. The highest BCUT2D eigenvalue weighted by molar-refractivity contribution is 5.98. The Bertz CT molecular complexity index is 650. The lowest BCUT2D eigenvalue weighted by Gasteiger charge is -2.32. The molecule has 25 heavy (non-hydrogen) atoms. The van der Waals surface area contributed by atoms with Crippen LogP contribution in [0.25, 0.3) is 0 Å². The van der Waals surface area contributed by atoms with E-state index in [1.807, 2.05) is 36.4 Å². The van der Waals surface area contributed by atoms with Gasteiger partial charge < -0.3 is 10.2 Å². The fourth-order valence-corrected chi connectivity index (χ4v) is 3.80. The zero-order valence-electron chi connectivity index (χ0n) is 15.0. The van der Waals surface area contributed by atoms with Crippen molar-refractivity contribution in [2.24, 2.45) is 11.8 Å². The zero-order valence-corrected chi connectivity index (χ0v) is 15.0. The molecule has 3 heteroatoms. The fraction of sp³-hybridized carbons (Fsp3) is 0.409. The van der Waals surface area contributed by atoms with Crippen molar-refractivity contribution in [2.45, 2.75) is 19.4 Å². The van der Waals surface area contributed by atoms with Gasteiger partial charge in [-0.25, -0.2) is 0 Å². The molecule has 3 rings (SSSR count). The molecular formula is C22H28N2O. The highest BCUT2D eigenvalue weighted by Gasteiger charge is 2.31. The van der Waals surface area contributed by atoms with E-state index in [2.05, 4.69) is 41.5 Å². The van der Waals surface area contributed by atoms with Gasteiger partial charge in [0.05, 0.1) is 0 Å². The summed E-state index contributed by atoms with van der Waals surface area (Å²) < 4.78 is 0. The largest absolute Gasteiger partial charge is 0.317 e. The summed E-state index contributed by atoms with van der Waals surface area (Å²) in [5.41, 5.74) is 2.14. The first-order valence-electron chi connectivity index (χ1n) is 9.26. The molecule has 1 aliphatic heterocycles. The van der Waals surface area contributed by atoms with Crippen LogP contribution in [0.5, 0.6) is 0 Å². The first kappa shape index (κ1) is 17.8. The smallest absolute Gasteiger partial charge is 0.167 e. The summed E-state index contributed by atoms with van der Waals surface area (Å²) >= 11 is 0. The maximum Gasteiger partial charge on any atom is 0.167 e. The van der Waals surface area contributed by atoms with Gasteiger partial charge in [-0.05, 0) is 44.5 Å². The number of nitrogens with zero attached hydrogens (tertiary/aromatic N) is 1. The van der Waals surface area contributed by atoms with Crippen LogP contribution >= 0.6 is 0 Å². The van der Waals surface area contributed by atoms with Crippen LogP contribution in [0.1, 0.15) is 28.8 Å². The van der Waals surface area contributed by atoms with E-state index in [9.17, 15) is 4.79 Å². The maximum atomic E-state index is 13.2. The van der Waals surface area contributed by atoms with Gasteiger partial charge in [0.25, 0.3) is 0 Å². The Morgan fingerprint density at radius 3 is 2.28 bits per heavy atom. The average Bonchev–Trinajstić information content (AvgIpc) is 2.68. The molecule has 1 N–H and O–H groups in total. The summed E-state index contributed by atoms with van der Waals surface area (Å²) in [7, 11) is 2.12. The number of Topliss-reactive ketones (excluding diaryl/α,β-unsaturated/α-hetero) is 1. The monoisotopic (exact) mass is 336 g/mol. The van der Waals surface area contributed by atoms with E-state index in [1.165, 1.54) is 5.56 Å². The Morgan fingerprint density at radius 1 is 1.04 bits per heavy atom. The van der Waals surface area contributed by atoms with Crippen LogP contribution in [-0.2, 0) is 6.54 Å². The minimum atomic E-state index is 0.0678. The number of carbonyl (C=O) groups excluding carboxylic acids is 1. The molecule has 0 bridgehead atoms. The second-order valence-corrected chi connectivity index (χ2v) is 7.11. The molecule has 2 aromatic carbocycles. The molecule has 1 saturated heterocycles. The number of carbonyl (C=O) groups is 1. The van der Waals surface area contributed by atoms with Crippen molar-refractivity contribution in [1.82, 2.24) is 10.2 Å². The standard InChI is InChI=1S/C22H28N2O/c1-24(16-18-8-4-2-5-9-18)17-21(19-12-14-23-15-13-19)22(25)20-10-6-3-7-11-20/h2-11,19,21,23H,12-17H2,1H3. The minimum absolute atomic E-state index is 0.0678. The molecule has 132 valence electrons. The van der Waals surface area contributed by atoms with E-state index in [0.717, 1.165) is 44.6 Å². The van der Waals surface area contributed by atoms with Crippen LogP contribution < -0.4 is 5.32 Å². The van der Waals surface area contributed by atoms with Crippen molar-refractivity contribution in [3.63, 3.8) is 0 Å². The Hall–Kier alpha value is -1.97. The normalized spacial score (nSPS) is 16.7. The topological polar surface area (TPSA) is 32.3 Å². The third-order valence-corrected chi connectivity index (χ3v) is 5.15. The Labute approximate surface area is 151 Å².